The number of halogens is 1. The van der Waals surface area contributed by atoms with Crippen LogP contribution in [0.25, 0.3) is 0 Å². The topological polar surface area (TPSA) is 30.8 Å². The smallest absolute Gasteiger partial charge is 0.234 e. The van der Waals surface area contributed by atoms with Gasteiger partial charge in [0.15, 0.2) is 0 Å². The highest BCUT2D eigenvalue weighted by Crippen LogP contribution is 2.38. The van der Waals surface area contributed by atoms with E-state index in [1.807, 2.05) is 0 Å². The van der Waals surface area contributed by atoms with E-state index in [0.717, 1.165) is 0 Å². The van der Waals surface area contributed by atoms with E-state index in [1.165, 1.54) is 32.6 Å². The molecule has 0 unspecified atom stereocenters. The third-order valence-electron chi connectivity index (χ3n) is 2.31. The zero-order chi connectivity index (χ0) is 10.2. The second-order valence-electron chi connectivity index (χ2n) is 3.00. The first kappa shape index (κ1) is 9.30. The van der Waals surface area contributed by atoms with Crippen LogP contribution in [-0.4, -0.2) is 20.4 Å². The highest BCUT2D eigenvalue weighted by Gasteiger charge is 2.37. The van der Waals surface area contributed by atoms with Gasteiger partial charge >= 0.3 is 0 Å². The van der Waals surface area contributed by atoms with Gasteiger partial charge in [0.1, 0.15) is 5.82 Å². The Morgan fingerprint density at radius 3 is 2.64 bits per heavy atom. The maximum Gasteiger partial charge on any atom is 0.234 e. The fraction of sp³-hybridized carbons (Fsp3) is 0.300. The Hall–Kier alpha value is -1.26. The molecule has 3 nitrogen and oxygen atoms in total. The number of nitrogens with zero attached hydrogens (tertiary/aromatic N) is 1. The molecule has 74 valence electrons. The number of benzene rings is 1. The molecule has 0 spiro atoms. The van der Waals surface area contributed by atoms with Gasteiger partial charge in [0.25, 0.3) is 0 Å². The lowest BCUT2D eigenvalue weighted by atomic mass is 10.1. The van der Waals surface area contributed by atoms with Crippen LogP contribution in [0.15, 0.2) is 23.2 Å². The number of methoxy groups -OCH3 is 2. The summed E-state index contributed by atoms with van der Waals surface area (Å²) in [4.78, 5) is 4.09. The molecule has 4 heteroatoms. The van der Waals surface area contributed by atoms with Gasteiger partial charge in [-0.15, -0.1) is 0 Å². The molecule has 0 bridgehead atoms. The van der Waals surface area contributed by atoms with Gasteiger partial charge in [-0.3, -0.25) is 4.99 Å². The summed E-state index contributed by atoms with van der Waals surface area (Å²) in [7, 11) is 2.99. The second kappa shape index (κ2) is 3.15. The van der Waals surface area contributed by atoms with Gasteiger partial charge in [0.05, 0.1) is 11.9 Å². The standard InChI is InChI=1S/C10H10FNO2/c1-13-10(14-2)6-12-9-4-3-7(11)5-8(9)10/h3-6H,1-2H3. The zero-order valence-corrected chi connectivity index (χ0v) is 7.95. The summed E-state index contributed by atoms with van der Waals surface area (Å²) in [6.07, 6.45) is 1.52. The van der Waals surface area contributed by atoms with Crippen molar-refractivity contribution in [1.82, 2.24) is 0 Å². The lowest BCUT2D eigenvalue weighted by Gasteiger charge is -2.23. The number of ether oxygens (including phenoxy) is 2. The van der Waals surface area contributed by atoms with Crippen LogP contribution in [0.4, 0.5) is 10.1 Å². The van der Waals surface area contributed by atoms with E-state index in [1.54, 1.807) is 6.07 Å². The van der Waals surface area contributed by atoms with E-state index >= 15 is 0 Å². The quantitative estimate of drug-likeness (QED) is 0.675. The molecule has 1 aliphatic heterocycles. The van der Waals surface area contributed by atoms with E-state index in [9.17, 15) is 4.39 Å². The predicted molar refractivity (Wildman–Crippen MR) is 50.2 cm³/mol. The van der Waals surface area contributed by atoms with Gasteiger partial charge in [-0.2, -0.15) is 0 Å². The van der Waals surface area contributed by atoms with Crippen molar-refractivity contribution in [3.05, 3.63) is 29.6 Å². The minimum atomic E-state index is -1.03. The molecular formula is C10H10FNO2. The lowest BCUT2D eigenvalue weighted by molar-refractivity contribution is -0.154. The number of aliphatic imine (C=N–C) groups is 1. The first-order valence-electron chi connectivity index (χ1n) is 4.17. The highest BCUT2D eigenvalue weighted by atomic mass is 19.1. The summed E-state index contributed by atoms with van der Waals surface area (Å²) in [5, 5.41) is 0. The molecule has 0 aromatic heterocycles. The van der Waals surface area contributed by atoms with Crippen LogP contribution in [-0.2, 0) is 15.3 Å². The molecule has 0 saturated carbocycles. The van der Waals surface area contributed by atoms with Crippen molar-refractivity contribution in [1.29, 1.82) is 0 Å². The van der Waals surface area contributed by atoms with Gasteiger partial charge in [0.2, 0.25) is 5.79 Å². The Balaban J connectivity index is 2.56. The van der Waals surface area contributed by atoms with Crippen LogP contribution in [0.1, 0.15) is 5.56 Å². The fourth-order valence-corrected chi connectivity index (χ4v) is 1.53. The summed E-state index contributed by atoms with van der Waals surface area (Å²) >= 11 is 0. The van der Waals surface area contributed by atoms with Gasteiger partial charge in [0, 0.05) is 19.8 Å². The third-order valence-corrected chi connectivity index (χ3v) is 2.31. The maximum atomic E-state index is 13.0. The molecule has 2 rings (SSSR count). The van der Waals surface area contributed by atoms with E-state index < -0.39 is 5.79 Å². The molecule has 0 N–H and O–H groups in total. The van der Waals surface area contributed by atoms with E-state index in [-0.39, 0.29) is 5.82 Å². The SMILES string of the molecule is COC1(OC)C=Nc2ccc(F)cc21. The molecule has 0 aliphatic carbocycles. The minimum Gasteiger partial charge on any atom is -0.345 e. The summed E-state index contributed by atoms with van der Waals surface area (Å²) in [5.74, 6) is -1.36. The summed E-state index contributed by atoms with van der Waals surface area (Å²) in [6, 6.07) is 4.33. The van der Waals surface area contributed by atoms with Crippen molar-refractivity contribution in [2.75, 3.05) is 14.2 Å². The van der Waals surface area contributed by atoms with Gasteiger partial charge in [-0.25, -0.2) is 4.39 Å². The van der Waals surface area contributed by atoms with E-state index in [4.69, 9.17) is 9.47 Å². The van der Waals surface area contributed by atoms with Crippen molar-refractivity contribution in [3.63, 3.8) is 0 Å². The van der Waals surface area contributed by atoms with Crippen LogP contribution >= 0.6 is 0 Å². The molecule has 1 aromatic carbocycles. The minimum absolute atomic E-state index is 0.326. The van der Waals surface area contributed by atoms with Crippen molar-refractivity contribution in [3.8, 4) is 0 Å². The van der Waals surface area contributed by atoms with Crippen LogP contribution in [0.5, 0.6) is 0 Å². The van der Waals surface area contributed by atoms with E-state index in [0.29, 0.717) is 11.3 Å². The van der Waals surface area contributed by atoms with Crippen molar-refractivity contribution in [2.45, 2.75) is 5.79 Å². The number of fused-ring (bicyclic) bond motifs is 1. The first-order valence-corrected chi connectivity index (χ1v) is 4.17. The van der Waals surface area contributed by atoms with Gasteiger partial charge in [-0.1, -0.05) is 0 Å². The van der Waals surface area contributed by atoms with E-state index in [2.05, 4.69) is 4.99 Å². The van der Waals surface area contributed by atoms with Crippen molar-refractivity contribution >= 4 is 11.9 Å². The Morgan fingerprint density at radius 1 is 1.29 bits per heavy atom. The zero-order valence-electron chi connectivity index (χ0n) is 7.95. The number of hydrogen-bond acceptors (Lipinski definition) is 3. The third kappa shape index (κ3) is 1.15. The van der Waals surface area contributed by atoms with Crippen LogP contribution in [0.3, 0.4) is 0 Å². The van der Waals surface area contributed by atoms with Crippen LogP contribution in [0.2, 0.25) is 0 Å². The molecule has 1 aliphatic rings. The average molecular weight is 195 g/mol. The first-order chi connectivity index (χ1) is 6.72. The van der Waals surface area contributed by atoms with Gasteiger partial charge < -0.3 is 9.47 Å². The Bertz CT molecular complexity index is 386. The molecule has 1 aromatic rings. The normalized spacial score (nSPS) is 17.1. The largest absolute Gasteiger partial charge is 0.345 e. The number of rotatable bonds is 2. The fourth-order valence-electron chi connectivity index (χ4n) is 1.53. The molecular weight excluding hydrogens is 185 g/mol. The van der Waals surface area contributed by atoms with Crippen LogP contribution < -0.4 is 0 Å². The Labute approximate surface area is 81.2 Å². The Kier molecular flexibility index (Phi) is 2.09. The van der Waals surface area contributed by atoms with Crippen molar-refractivity contribution in [2.24, 2.45) is 4.99 Å². The molecule has 1 heterocycles. The predicted octanol–water partition coefficient (Wildman–Crippen LogP) is 1.99. The maximum absolute atomic E-state index is 13.0. The second-order valence-corrected chi connectivity index (χ2v) is 3.00. The molecule has 0 fully saturated rings. The monoisotopic (exact) mass is 195 g/mol. The van der Waals surface area contributed by atoms with Gasteiger partial charge in [-0.05, 0) is 18.2 Å². The molecule has 0 amide bonds. The van der Waals surface area contributed by atoms with Crippen LogP contribution in [0, 0.1) is 5.82 Å². The molecule has 14 heavy (non-hydrogen) atoms. The molecule has 0 atom stereocenters. The molecule has 0 radical (unpaired) electrons. The van der Waals surface area contributed by atoms with Crippen molar-refractivity contribution < 1.29 is 13.9 Å². The number of hydrogen-bond donors (Lipinski definition) is 0. The average Bonchev–Trinajstić information content (AvgIpc) is 2.57. The summed E-state index contributed by atoms with van der Waals surface area (Å²) < 4.78 is 23.4. The highest BCUT2D eigenvalue weighted by molar-refractivity contribution is 5.81. The summed E-state index contributed by atoms with van der Waals surface area (Å²) in [6.45, 7) is 0. The Morgan fingerprint density at radius 2 is 2.00 bits per heavy atom. The summed E-state index contributed by atoms with van der Waals surface area (Å²) in [5.41, 5.74) is 1.28. The molecule has 0 saturated heterocycles. The lowest BCUT2D eigenvalue weighted by Crippen LogP contribution is -2.30.